The molecule has 5 heteroatoms. The molecule has 144 valence electrons. The van der Waals surface area contributed by atoms with Gasteiger partial charge in [-0.15, -0.1) is 0 Å². The van der Waals surface area contributed by atoms with Crippen molar-refractivity contribution in [2.75, 3.05) is 0 Å². The van der Waals surface area contributed by atoms with E-state index in [9.17, 15) is 17.6 Å². The van der Waals surface area contributed by atoms with Crippen LogP contribution in [0.4, 0.5) is 17.6 Å². The van der Waals surface area contributed by atoms with Gasteiger partial charge >= 0.3 is 171 Å². The van der Waals surface area contributed by atoms with Crippen molar-refractivity contribution in [2.24, 2.45) is 0 Å². The Bertz CT molecular complexity index is 1040. The average molecular weight is 499 g/mol. The van der Waals surface area contributed by atoms with E-state index in [1.807, 2.05) is 0 Å². The summed E-state index contributed by atoms with van der Waals surface area (Å²) in [4.78, 5) is 0. The van der Waals surface area contributed by atoms with E-state index in [2.05, 4.69) is 0 Å². The Morgan fingerprint density at radius 2 is 0.759 bits per heavy atom. The third-order valence-corrected chi connectivity index (χ3v) is 18.6. The maximum absolute atomic E-state index is 14.3. The molecule has 0 aliphatic rings. The van der Waals surface area contributed by atoms with Gasteiger partial charge < -0.3 is 0 Å². The first-order valence-corrected chi connectivity index (χ1v) is 14.7. The molecular formula is C24H16F4Sn. The Hall–Kier alpha value is -2.60. The molecule has 0 aromatic heterocycles. The number of rotatable bonds is 4. The molecule has 0 bridgehead atoms. The third kappa shape index (κ3) is 3.69. The molecule has 0 saturated heterocycles. The molecule has 0 aliphatic carbocycles. The van der Waals surface area contributed by atoms with Crippen molar-refractivity contribution in [3.63, 3.8) is 0 Å². The van der Waals surface area contributed by atoms with Gasteiger partial charge in [0.25, 0.3) is 0 Å². The van der Waals surface area contributed by atoms with Gasteiger partial charge in [0, 0.05) is 0 Å². The molecule has 0 heterocycles. The maximum atomic E-state index is 14.3. The van der Waals surface area contributed by atoms with Gasteiger partial charge in [-0.1, -0.05) is 0 Å². The summed E-state index contributed by atoms with van der Waals surface area (Å²) in [6.45, 7) is 0. The predicted molar refractivity (Wildman–Crippen MR) is 110 cm³/mol. The van der Waals surface area contributed by atoms with Gasteiger partial charge in [0.2, 0.25) is 0 Å². The molecule has 0 fully saturated rings. The second kappa shape index (κ2) is 8.03. The van der Waals surface area contributed by atoms with Gasteiger partial charge in [-0.2, -0.15) is 0 Å². The van der Waals surface area contributed by atoms with E-state index in [0.717, 1.165) is 3.58 Å². The van der Waals surface area contributed by atoms with Gasteiger partial charge in [-0.05, 0) is 0 Å². The van der Waals surface area contributed by atoms with Gasteiger partial charge in [-0.3, -0.25) is 0 Å². The van der Waals surface area contributed by atoms with Crippen molar-refractivity contribution in [1.82, 2.24) is 0 Å². The molecule has 0 saturated carbocycles. The molecule has 4 rings (SSSR count). The number of hydrogen-bond acceptors (Lipinski definition) is 0. The number of benzene rings is 4. The summed E-state index contributed by atoms with van der Waals surface area (Å²) in [5.74, 6) is -1.71. The molecule has 4 aromatic rings. The summed E-state index contributed by atoms with van der Waals surface area (Å²) in [7, 11) is 0. The minimum atomic E-state index is -4.36. The van der Waals surface area contributed by atoms with E-state index >= 15 is 0 Å². The van der Waals surface area contributed by atoms with Gasteiger partial charge in [0.05, 0.1) is 0 Å². The first kappa shape index (κ1) is 19.7. The molecule has 0 N–H and O–H groups in total. The fourth-order valence-electron chi connectivity index (χ4n) is 3.87. The van der Waals surface area contributed by atoms with Crippen LogP contribution in [0.1, 0.15) is 0 Å². The van der Waals surface area contributed by atoms with Crippen LogP contribution >= 0.6 is 0 Å². The monoisotopic (exact) mass is 500 g/mol. The molecule has 0 radical (unpaired) electrons. The Morgan fingerprint density at radius 3 is 1.10 bits per heavy atom. The van der Waals surface area contributed by atoms with Crippen LogP contribution in [0, 0.1) is 23.3 Å². The van der Waals surface area contributed by atoms with Gasteiger partial charge in [0.1, 0.15) is 0 Å². The minimum absolute atomic E-state index is 0.410. The molecule has 0 nitrogen and oxygen atoms in total. The van der Waals surface area contributed by atoms with Gasteiger partial charge in [-0.25, -0.2) is 0 Å². The predicted octanol–water partition coefficient (Wildman–Crippen LogP) is 3.62. The molecule has 0 atom stereocenters. The summed E-state index contributed by atoms with van der Waals surface area (Å²) >= 11 is -4.36. The van der Waals surface area contributed by atoms with Crippen LogP contribution in [0.5, 0.6) is 0 Å². The van der Waals surface area contributed by atoms with Crippen LogP contribution < -0.4 is 14.3 Å². The zero-order chi connectivity index (χ0) is 20.4. The molecule has 0 unspecified atom stereocenters. The first-order valence-electron chi connectivity index (χ1n) is 9.04. The van der Waals surface area contributed by atoms with E-state index in [4.69, 9.17) is 0 Å². The standard InChI is InChI=1S/4C6H4F.Sn/c4*7-6-4-2-1-3-5-6;/h2-5H;3*1-2,4-5H;. The van der Waals surface area contributed by atoms with Crippen LogP contribution in [0.15, 0.2) is 97.1 Å². The Labute approximate surface area is 170 Å². The Balaban J connectivity index is 2.17. The SMILES string of the molecule is Fc1cc[c]([Sn]([c]2cccc(F)c2)([c]2cccc(F)c2)[c]2cccc(F)c2)cc1. The van der Waals surface area contributed by atoms with Crippen molar-refractivity contribution in [1.29, 1.82) is 0 Å². The third-order valence-electron chi connectivity index (χ3n) is 5.05. The van der Waals surface area contributed by atoms with Crippen molar-refractivity contribution >= 4 is 32.7 Å². The summed E-state index contributed by atoms with van der Waals surface area (Å²) in [5.41, 5.74) is 0. The van der Waals surface area contributed by atoms with E-state index in [0.29, 0.717) is 10.7 Å². The van der Waals surface area contributed by atoms with Crippen molar-refractivity contribution in [2.45, 2.75) is 0 Å². The molecule has 29 heavy (non-hydrogen) atoms. The van der Waals surface area contributed by atoms with Gasteiger partial charge in [0.15, 0.2) is 0 Å². The number of hydrogen-bond donors (Lipinski definition) is 0. The molecule has 4 aromatic carbocycles. The van der Waals surface area contributed by atoms with Crippen molar-refractivity contribution < 1.29 is 17.6 Å². The average Bonchev–Trinajstić information content (AvgIpc) is 2.70. The van der Waals surface area contributed by atoms with E-state index in [1.54, 1.807) is 48.5 Å². The molecule has 0 aliphatic heterocycles. The molecule has 0 spiro atoms. The quantitative estimate of drug-likeness (QED) is 0.298. The first-order chi connectivity index (χ1) is 14.0. The van der Waals surface area contributed by atoms with Crippen LogP contribution in [0.3, 0.4) is 0 Å². The van der Waals surface area contributed by atoms with Crippen LogP contribution in [0.25, 0.3) is 0 Å². The number of halogens is 4. The fourth-order valence-corrected chi connectivity index (χ4v) is 17.5. The summed E-state index contributed by atoms with van der Waals surface area (Å²) in [6, 6.07) is 24.4. The summed E-state index contributed by atoms with van der Waals surface area (Å²) in [5, 5.41) is 0. The van der Waals surface area contributed by atoms with E-state index in [1.165, 1.54) is 48.5 Å². The van der Waals surface area contributed by atoms with Crippen LogP contribution in [-0.2, 0) is 0 Å². The van der Waals surface area contributed by atoms with Crippen LogP contribution in [-0.4, -0.2) is 18.4 Å². The Kier molecular flexibility index (Phi) is 5.45. The van der Waals surface area contributed by atoms with E-state index < -0.39 is 41.6 Å². The Morgan fingerprint density at radius 1 is 0.379 bits per heavy atom. The topological polar surface area (TPSA) is 0 Å². The zero-order valence-corrected chi connectivity index (χ0v) is 18.1. The zero-order valence-electron chi connectivity index (χ0n) is 15.2. The van der Waals surface area contributed by atoms with Crippen molar-refractivity contribution in [3.05, 3.63) is 120 Å². The molecule has 0 amide bonds. The summed E-state index contributed by atoms with van der Waals surface area (Å²) < 4.78 is 59.4. The normalized spacial score (nSPS) is 11.4. The molecular weight excluding hydrogens is 483 g/mol. The van der Waals surface area contributed by atoms with Crippen LogP contribution in [0.2, 0.25) is 0 Å². The van der Waals surface area contributed by atoms with Crippen molar-refractivity contribution in [3.8, 4) is 0 Å². The van der Waals surface area contributed by atoms with E-state index in [-0.39, 0.29) is 0 Å². The fraction of sp³-hybridized carbons (Fsp3) is 0. The summed E-state index contributed by atoms with van der Waals surface area (Å²) in [6.07, 6.45) is 0. The second-order valence-corrected chi connectivity index (χ2v) is 17.7. The second-order valence-electron chi connectivity index (χ2n) is 6.79.